The summed E-state index contributed by atoms with van der Waals surface area (Å²) in [5.74, 6) is 0.380. The molecule has 0 unspecified atom stereocenters. The topological polar surface area (TPSA) is 128 Å². The van der Waals surface area contributed by atoms with E-state index in [4.69, 9.17) is 20.0 Å². The van der Waals surface area contributed by atoms with Crippen LogP contribution in [0.5, 0.6) is 11.5 Å². The number of ether oxygens (including phenoxy) is 2. The first-order chi connectivity index (χ1) is 11.5. The summed E-state index contributed by atoms with van der Waals surface area (Å²) in [6, 6.07) is 10.1. The Balaban J connectivity index is 1.70. The lowest BCUT2D eigenvalue weighted by Gasteiger charge is -2.00. The van der Waals surface area contributed by atoms with Crippen molar-refractivity contribution in [1.82, 2.24) is 0 Å². The summed E-state index contributed by atoms with van der Waals surface area (Å²) in [5, 5.41) is 12.9. The lowest BCUT2D eigenvalue weighted by molar-refractivity contribution is -0.721. The third-order valence-electron chi connectivity index (χ3n) is 3.25. The van der Waals surface area contributed by atoms with Crippen LogP contribution in [0.2, 0.25) is 0 Å². The van der Waals surface area contributed by atoms with E-state index in [1.807, 2.05) is 0 Å². The van der Waals surface area contributed by atoms with Crippen molar-refractivity contribution in [2.24, 2.45) is 5.73 Å². The highest BCUT2D eigenvalue weighted by Crippen LogP contribution is 2.32. The van der Waals surface area contributed by atoms with Gasteiger partial charge in [0.25, 0.3) is 5.69 Å². The van der Waals surface area contributed by atoms with Crippen LogP contribution in [0.1, 0.15) is 15.9 Å². The molecule has 3 rings (SSSR count). The molecule has 0 fully saturated rings. The van der Waals surface area contributed by atoms with E-state index in [2.05, 4.69) is 5.16 Å². The highest BCUT2D eigenvalue weighted by atomic mass is 16.7. The zero-order valence-electron chi connectivity index (χ0n) is 12.2. The molecule has 2 aromatic carbocycles. The van der Waals surface area contributed by atoms with E-state index in [1.54, 1.807) is 6.07 Å². The maximum Gasteiger partial charge on any atom is 0.388 e. The van der Waals surface area contributed by atoms with Gasteiger partial charge in [0.15, 0.2) is 11.5 Å². The number of nitro groups is 1. The number of nitro benzene ring substituents is 1. The van der Waals surface area contributed by atoms with Gasteiger partial charge in [0, 0.05) is 12.1 Å². The third kappa shape index (κ3) is 3.09. The molecule has 1 aliphatic heterocycles. The van der Waals surface area contributed by atoms with Gasteiger partial charge in [0.1, 0.15) is 0 Å². The van der Waals surface area contributed by atoms with Gasteiger partial charge in [0.2, 0.25) is 6.79 Å². The maximum atomic E-state index is 12.0. The summed E-state index contributed by atoms with van der Waals surface area (Å²) in [6.07, 6.45) is 0. The van der Waals surface area contributed by atoms with Crippen LogP contribution in [0.25, 0.3) is 0 Å². The first-order valence-electron chi connectivity index (χ1n) is 6.78. The molecule has 0 bridgehead atoms. The van der Waals surface area contributed by atoms with Crippen LogP contribution < -0.4 is 20.4 Å². The van der Waals surface area contributed by atoms with Crippen molar-refractivity contribution in [3.05, 3.63) is 63.7 Å². The molecule has 0 radical (unpaired) electrons. The van der Waals surface area contributed by atoms with Gasteiger partial charge in [-0.05, 0) is 30.3 Å². The fraction of sp³-hybridized carbons (Fsp3) is 0.0667. The molecule has 0 spiro atoms. The zero-order valence-corrected chi connectivity index (χ0v) is 12.2. The summed E-state index contributed by atoms with van der Waals surface area (Å²) < 4.78 is 10.3. The van der Waals surface area contributed by atoms with E-state index >= 15 is 0 Å². The average molecular weight is 330 g/mol. The summed E-state index contributed by atoms with van der Waals surface area (Å²) >= 11 is 0. The fourth-order valence-electron chi connectivity index (χ4n) is 2.01. The Morgan fingerprint density at radius 3 is 2.50 bits per heavy atom. The molecule has 0 atom stereocenters. The molecular formula is C15H12N3O6+. The number of nitrogens with one attached hydrogen (secondary N) is 1. The van der Waals surface area contributed by atoms with Crippen molar-refractivity contribution in [1.29, 1.82) is 0 Å². The number of hydrogen-bond donors (Lipinski definition) is 2. The van der Waals surface area contributed by atoms with Crippen LogP contribution >= 0.6 is 0 Å². The Bertz CT molecular complexity index is 832. The molecule has 9 nitrogen and oxygen atoms in total. The Kier molecular flexibility index (Phi) is 3.98. The molecule has 2 aromatic rings. The average Bonchev–Trinajstić information content (AvgIpc) is 3.07. The smallest absolute Gasteiger partial charge is 0.388 e. The van der Waals surface area contributed by atoms with E-state index in [1.165, 1.54) is 36.4 Å². The molecule has 9 heteroatoms. The van der Waals surface area contributed by atoms with Crippen LogP contribution in [0.3, 0.4) is 0 Å². The predicted molar refractivity (Wildman–Crippen MR) is 80.3 cm³/mol. The quantitative estimate of drug-likeness (QED) is 0.263. The number of carbonyl (C=O) groups excluding carboxylic acids is 1. The Hall–Kier alpha value is -3.62. The SMILES string of the molecule is NC(=[NH+]OC(=O)c1ccc2c(c1)OCO2)c1ccc([N+](=O)[O-])cc1. The minimum absolute atomic E-state index is 0.0407. The van der Waals surface area contributed by atoms with Gasteiger partial charge in [-0.3, -0.25) is 20.7 Å². The number of carbonyl (C=O) groups is 1. The van der Waals surface area contributed by atoms with Gasteiger partial charge in [-0.2, -0.15) is 0 Å². The molecule has 122 valence electrons. The van der Waals surface area contributed by atoms with Gasteiger partial charge >= 0.3 is 11.8 Å². The summed E-state index contributed by atoms with van der Waals surface area (Å²) in [6.45, 7) is 0.104. The van der Waals surface area contributed by atoms with Crippen LogP contribution in [0.15, 0.2) is 42.5 Å². The van der Waals surface area contributed by atoms with Gasteiger partial charge in [0.05, 0.1) is 16.1 Å². The van der Waals surface area contributed by atoms with E-state index in [0.717, 1.165) is 0 Å². The second-order valence-corrected chi connectivity index (χ2v) is 4.78. The molecule has 0 saturated heterocycles. The van der Waals surface area contributed by atoms with Crippen LogP contribution in [0.4, 0.5) is 5.69 Å². The zero-order chi connectivity index (χ0) is 17.1. The Morgan fingerprint density at radius 2 is 1.79 bits per heavy atom. The minimum Gasteiger partial charge on any atom is -0.454 e. The molecule has 0 aromatic heterocycles. The van der Waals surface area contributed by atoms with Crippen LogP contribution in [0, 0.1) is 10.1 Å². The van der Waals surface area contributed by atoms with E-state index < -0.39 is 10.9 Å². The van der Waals surface area contributed by atoms with Crippen molar-refractivity contribution >= 4 is 17.5 Å². The lowest BCUT2D eigenvalue weighted by atomic mass is 10.2. The third-order valence-corrected chi connectivity index (χ3v) is 3.25. The van der Waals surface area contributed by atoms with Crippen molar-refractivity contribution in [3.63, 3.8) is 0 Å². The van der Waals surface area contributed by atoms with Crippen molar-refractivity contribution in [2.45, 2.75) is 0 Å². The van der Waals surface area contributed by atoms with E-state index in [9.17, 15) is 14.9 Å². The summed E-state index contributed by atoms with van der Waals surface area (Å²) in [7, 11) is 0. The minimum atomic E-state index is -0.668. The molecule has 24 heavy (non-hydrogen) atoms. The normalized spacial score (nSPS) is 12.8. The number of benzene rings is 2. The molecule has 0 aliphatic carbocycles. The van der Waals surface area contributed by atoms with Crippen molar-refractivity contribution < 1.29 is 29.2 Å². The number of fused-ring (bicyclic) bond motifs is 1. The van der Waals surface area contributed by atoms with Crippen molar-refractivity contribution in [2.75, 3.05) is 6.79 Å². The van der Waals surface area contributed by atoms with Gasteiger partial charge in [-0.25, -0.2) is 4.79 Å². The standard InChI is InChI=1S/C15H11N3O6/c16-14(9-1-4-11(5-2-9)18(20)21)17-24-15(19)10-3-6-12-13(7-10)23-8-22-12/h1-7H,8H2,(H2,16,17)/p+1. The first-order valence-corrected chi connectivity index (χ1v) is 6.78. The summed E-state index contributed by atoms with van der Waals surface area (Å²) in [4.78, 5) is 27.0. The largest absolute Gasteiger partial charge is 0.454 e. The number of nitrogens with zero attached hydrogens (tertiary/aromatic N) is 1. The van der Waals surface area contributed by atoms with Crippen LogP contribution in [-0.2, 0) is 4.84 Å². The van der Waals surface area contributed by atoms with Gasteiger partial charge in [-0.15, -0.1) is 0 Å². The van der Waals surface area contributed by atoms with Gasteiger partial charge < -0.3 is 9.47 Å². The van der Waals surface area contributed by atoms with Gasteiger partial charge in [-0.1, -0.05) is 5.16 Å². The second kappa shape index (κ2) is 6.24. The molecule has 0 saturated carbocycles. The van der Waals surface area contributed by atoms with E-state index in [-0.39, 0.29) is 23.9 Å². The second-order valence-electron chi connectivity index (χ2n) is 4.78. The van der Waals surface area contributed by atoms with Crippen LogP contribution in [-0.4, -0.2) is 23.5 Å². The molecule has 1 heterocycles. The van der Waals surface area contributed by atoms with E-state index in [0.29, 0.717) is 17.1 Å². The summed E-state index contributed by atoms with van der Waals surface area (Å²) in [5.41, 5.74) is 6.38. The number of amidine groups is 1. The number of nitrogens with two attached hydrogens (primary N) is 1. The number of non-ortho nitro benzene ring substituents is 1. The Labute approximate surface area is 135 Å². The molecular weight excluding hydrogens is 318 g/mol. The first kappa shape index (κ1) is 15.3. The molecule has 0 amide bonds. The highest BCUT2D eigenvalue weighted by molar-refractivity contribution is 5.93. The Morgan fingerprint density at radius 1 is 1.12 bits per heavy atom. The number of hydrogen-bond acceptors (Lipinski definition) is 6. The fourth-order valence-corrected chi connectivity index (χ4v) is 2.01. The highest BCUT2D eigenvalue weighted by Gasteiger charge is 2.18. The number of nitrogen functional groups attached to an aromatic ring is 1. The number of rotatable bonds is 4. The lowest BCUT2D eigenvalue weighted by Crippen LogP contribution is -2.75. The predicted octanol–water partition coefficient (Wildman–Crippen LogP) is -0.119. The molecule has 3 N–H and O–H groups in total. The maximum absolute atomic E-state index is 12.0. The molecule has 1 aliphatic rings. The monoisotopic (exact) mass is 330 g/mol. The van der Waals surface area contributed by atoms with Crippen molar-refractivity contribution in [3.8, 4) is 11.5 Å².